The molecule has 0 spiro atoms. The zero-order valence-corrected chi connectivity index (χ0v) is 18.7. The van der Waals surface area contributed by atoms with Crippen molar-refractivity contribution in [3.05, 3.63) is 59.9 Å². The number of carbonyl (C=O) groups is 2. The number of carbonyl (C=O) groups excluding carboxylic acids is 2. The lowest BCUT2D eigenvalue weighted by molar-refractivity contribution is -0.137. The van der Waals surface area contributed by atoms with Crippen LogP contribution < -0.4 is 10.1 Å². The Morgan fingerprint density at radius 3 is 2.56 bits per heavy atom. The molecule has 1 saturated carbocycles. The number of ether oxygens (including phenoxy) is 1. The van der Waals surface area contributed by atoms with Gasteiger partial charge in [0.2, 0.25) is 5.91 Å². The Morgan fingerprint density at radius 2 is 1.81 bits per heavy atom. The first kappa shape index (κ1) is 22.3. The minimum absolute atomic E-state index is 0.0979. The third kappa shape index (κ3) is 5.27. The van der Waals surface area contributed by atoms with Gasteiger partial charge >= 0.3 is 0 Å². The predicted molar refractivity (Wildman–Crippen MR) is 122 cm³/mol. The van der Waals surface area contributed by atoms with Crippen LogP contribution in [0.1, 0.15) is 42.1 Å². The molecule has 1 aliphatic heterocycles. The lowest BCUT2D eigenvalue weighted by Crippen LogP contribution is -2.52. The second kappa shape index (κ2) is 10.6. The topological polar surface area (TPSA) is 74.8 Å². The van der Waals surface area contributed by atoms with Gasteiger partial charge < -0.3 is 15.0 Å². The molecule has 2 amide bonds. The van der Waals surface area contributed by atoms with Crippen molar-refractivity contribution in [1.29, 1.82) is 0 Å². The monoisotopic (exact) mass is 436 g/mol. The third-order valence-electron chi connectivity index (χ3n) is 6.44. The van der Waals surface area contributed by atoms with Gasteiger partial charge in [-0.15, -0.1) is 0 Å². The summed E-state index contributed by atoms with van der Waals surface area (Å²) in [6.07, 6.45) is 5.87. The number of aromatic nitrogens is 1. The molecule has 2 fully saturated rings. The normalized spacial score (nSPS) is 21.3. The average Bonchev–Trinajstić information content (AvgIpc) is 3.29. The molecule has 1 saturated heterocycles. The van der Waals surface area contributed by atoms with E-state index in [0.717, 1.165) is 57.7 Å². The highest BCUT2D eigenvalue weighted by Crippen LogP contribution is 2.28. The Balaban J connectivity index is 1.30. The molecule has 2 heterocycles. The SMILES string of the molecule is CCOc1ccccc1CN1CCN(C(=O)[C@H]2CCC[C@H]2NC(=O)c2ccncc2)CC1. The van der Waals surface area contributed by atoms with E-state index in [0.29, 0.717) is 12.2 Å². The van der Waals surface area contributed by atoms with Gasteiger partial charge in [-0.3, -0.25) is 19.5 Å². The number of nitrogens with zero attached hydrogens (tertiary/aromatic N) is 3. The van der Waals surface area contributed by atoms with E-state index in [1.54, 1.807) is 24.5 Å². The van der Waals surface area contributed by atoms with Crippen molar-refractivity contribution in [3.8, 4) is 5.75 Å². The van der Waals surface area contributed by atoms with Crippen molar-refractivity contribution in [1.82, 2.24) is 20.1 Å². The highest BCUT2D eigenvalue weighted by molar-refractivity contribution is 5.94. The fourth-order valence-corrected chi connectivity index (χ4v) is 4.72. The molecule has 170 valence electrons. The summed E-state index contributed by atoms with van der Waals surface area (Å²) in [5.74, 6) is 0.852. The van der Waals surface area contributed by atoms with Gasteiger partial charge in [0, 0.05) is 62.3 Å². The van der Waals surface area contributed by atoms with Crippen LogP contribution in [0.25, 0.3) is 0 Å². The molecule has 4 rings (SSSR count). The van der Waals surface area contributed by atoms with E-state index < -0.39 is 0 Å². The summed E-state index contributed by atoms with van der Waals surface area (Å²) in [7, 11) is 0. The molecule has 1 aliphatic carbocycles. The number of para-hydroxylation sites is 1. The standard InChI is InChI=1S/C25H32N4O3/c1-2-32-23-9-4-3-6-20(23)18-28-14-16-29(17-15-28)25(31)21-7-5-8-22(21)27-24(30)19-10-12-26-13-11-19/h3-4,6,9-13,21-22H,2,5,7-8,14-18H2,1H3,(H,27,30)/t21-,22+/m0/s1. The zero-order chi connectivity index (χ0) is 22.3. The van der Waals surface area contributed by atoms with Crippen LogP contribution in [-0.4, -0.2) is 65.4 Å². The number of amides is 2. The molecule has 1 N–H and O–H groups in total. The molecule has 32 heavy (non-hydrogen) atoms. The largest absolute Gasteiger partial charge is 0.494 e. The number of hydrogen-bond donors (Lipinski definition) is 1. The maximum absolute atomic E-state index is 13.3. The fraction of sp³-hybridized carbons (Fsp3) is 0.480. The summed E-state index contributed by atoms with van der Waals surface area (Å²) in [5, 5.41) is 3.09. The molecule has 1 aromatic heterocycles. The minimum Gasteiger partial charge on any atom is -0.494 e. The van der Waals surface area contributed by atoms with E-state index >= 15 is 0 Å². The lowest BCUT2D eigenvalue weighted by atomic mass is 10.0. The van der Waals surface area contributed by atoms with E-state index in [1.807, 2.05) is 30.0 Å². The molecular formula is C25H32N4O3. The highest BCUT2D eigenvalue weighted by atomic mass is 16.5. The molecule has 2 aromatic rings. The number of piperazine rings is 1. The summed E-state index contributed by atoms with van der Waals surface area (Å²) >= 11 is 0. The molecule has 0 unspecified atom stereocenters. The van der Waals surface area contributed by atoms with Gasteiger partial charge in [-0.25, -0.2) is 0 Å². The smallest absolute Gasteiger partial charge is 0.251 e. The minimum atomic E-state index is -0.133. The number of pyridine rings is 1. The van der Waals surface area contributed by atoms with Crippen LogP contribution >= 0.6 is 0 Å². The summed E-state index contributed by atoms with van der Waals surface area (Å²) < 4.78 is 5.75. The maximum atomic E-state index is 13.3. The average molecular weight is 437 g/mol. The van der Waals surface area contributed by atoms with Crippen molar-refractivity contribution in [3.63, 3.8) is 0 Å². The van der Waals surface area contributed by atoms with Crippen molar-refractivity contribution in [2.75, 3.05) is 32.8 Å². The van der Waals surface area contributed by atoms with Gasteiger partial charge in [0.05, 0.1) is 12.5 Å². The first-order chi connectivity index (χ1) is 15.7. The van der Waals surface area contributed by atoms with Crippen LogP contribution in [-0.2, 0) is 11.3 Å². The Hall–Kier alpha value is -2.93. The van der Waals surface area contributed by atoms with E-state index in [-0.39, 0.29) is 23.8 Å². The third-order valence-corrected chi connectivity index (χ3v) is 6.44. The molecule has 2 aliphatic rings. The summed E-state index contributed by atoms with van der Waals surface area (Å²) in [6, 6.07) is 11.5. The molecule has 2 atom stereocenters. The summed E-state index contributed by atoms with van der Waals surface area (Å²) in [5.41, 5.74) is 1.77. The van der Waals surface area contributed by atoms with Gasteiger partial charge in [-0.05, 0) is 38.0 Å². The lowest BCUT2D eigenvalue weighted by Gasteiger charge is -2.37. The zero-order valence-electron chi connectivity index (χ0n) is 18.7. The van der Waals surface area contributed by atoms with Crippen LogP contribution in [0.15, 0.2) is 48.8 Å². The molecule has 1 aromatic carbocycles. The van der Waals surface area contributed by atoms with E-state index in [4.69, 9.17) is 4.74 Å². The highest BCUT2D eigenvalue weighted by Gasteiger charge is 2.37. The van der Waals surface area contributed by atoms with Crippen LogP contribution in [0.5, 0.6) is 5.75 Å². The van der Waals surface area contributed by atoms with E-state index in [2.05, 4.69) is 21.3 Å². The molecule has 0 bridgehead atoms. The van der Waals surface area contributed by atoms with E-state index in [9.17, 15) is 9.59 Å². The second-order valence-corrected chi connectivity index (χ2v) is 8.50. The first-order valence-corrected chi connectivity index (χ1v) is 11.6. The van der Waals surface area contributed by atoms with Gasteiger partial charge in [-0.2, -0.15) is 0 Å². The Morgan fingerprint density at radius 1 is 1.06 bits per heavy atom. The Labute approximate surface area is 189 Å². The molecule has 7 heteroatoms. The van der Waals surface area contributed by atoms with Crippen molar-refractivity contribution in [2.24, 2.45) is 5.92 Å². The molecular weight excluding hydrogens is 404 g/mol. The second-order valence-electron chi connectivity index (χ2n) is 8.50. The van der Waals surface area contributed by atoms with Crippen molar-refractivity contribution in [2.45, 2.75) is 38.8 Å². The number of benzene rings is 1. The number of hydrogen-bond acceptors (Lipinski definition) is 5. The Bertz CT molecular complexity index is 912. The van der Waals surface area contributed by atoms with Crippen LogP contribution in [0.4, 0.5) is 0 Å². The first-order valence-electron chi connectivity index (χ1n) is 11.6. The number of nitrogens with one attached hydrogen (secondary N) is 1. The van der Waals surface area contributed by atoms with E-state index in [1.165, 1.54) is 5.56 Å². The Kier molecular flexibility index (Phi) is 7.37. The van der Waals surface area contributed by atoms with Crippen LogP contribution in [0, 0.1) is 5.92 Å². The predicted octanol–water partition coefficient (Wildman–Crippen LogP) is 2.72. The summed E-state index contributed by atoms with van der Waals surface area (Å²) in [4.78, 5) is 34.1. The van der Waals surface area contributed by atoms with Crippen molar-refractivity contribution >= 4 is 11.8 Å². The molecule has 0 radical (unpaired) electrons. The summed E-state index contributed by atoms with van der Waals surface area (Å²) in [6.45, 7) is 6.59. The van der Waals surface area contributed by atoms with Crippen LogP contribution in [0.3, 0.4) is 0 Å². The fourth-order valence-electron chi connectivity index (χ4n) is 4.72. The van der Waals surface area contributed by atoms with Gasteiger partial charge in [0.1, 0.15) is 5.75 Å². The van der Waals surface area contributed by atoms with Gasteiger partial charge in [0.25, 0.3) is 5.91 Å². The quantitative estimate of drug-likeness (QED) is 0.722. The maximum Gasteiger partial charge on any atom is 0.251 e. The number of rotatable bonds is 7. The van der Waals surface area contributed by atoms with Gasteiger partial charge in [0.15, 0.2) is 0 Å². The van der Waals surface area contributed by atoms with Crippen LogP contribution in [0.2, 0.25) is 0 Å². The van der Waals surface area contributed by atoms with Gasteiger partial charge in [-0.1, -0.05) is 24.6 Å². The molecule has 7 nitrogen and oxygen atoms in total. The van der Waals surface area contributed by atoms with Crippen molar-refractivity contribution < 1.29 is 14.3 Å².